The van der Waals surface area contributed by atoms with E-state index in [9.17, 15) is 79.0 Å². The number of unbranched alkanes of at least 4 members (excludes halogenated alkanes) is 4. The Bertz CT molecular complexity index is 2000. The Morgan fingerprint density at radius 3 is 0.970 bits per heavy atom. The van der Waals surface area contributed by atoms with Crippen LogP contribution in [0.15, 0.2) is 48.5 Å². The molecule has 0 atom stereocenters. The Kier molecular flexibility index (Phi) is 18.3. The molecule has 0 radical (unpaired) electrons. The van der Waals surface area contributed by atoms with Crippen molar-refractivity contribution in [2.24, 2.45) is 5.92 Å². The van der Waals surface area contributed by atoms with Gasteiger partial charge in [0.15, 0.2) is 0 Å². The Balaban J connectivity index is 1.08. The van der Waals surface area contributed by atoms with Crippen molar-refractivity contribution in [3.63, 3.8) is 0 Å². The molecule has 0 aliphatic carbocycles. The molecule has 0 N–H and O–H groups in total. The molecule has 0 aliphatic heterocycles. The number of rotatable bonds is 24. The highest BCUT2D eigenvalue weighted by Crippen LogP contribution is 2.39. The third-order valence-corrected chi connectivity index (χ3v) is 9.91. The van der Waals surface area contributed by atoms with E-state index in [2.05, 4.69) is 9.47 Å². The second-order valence-electron chi connectivity index (χ2n) is 15.2. The van der Waals surface area contributed by atoms with Gasteiger partial charge in [-0.3, -0.25) is 0 Å². The molecule has 0 amide bonds. The summed E-state index contributed by atoms with van der Waals surface area (Å²) in [6.07, 6.45) is -18.6. The van der Waals surface area contributed by atoms with E-state index in [1.165, 1.54) is 0 Å². The van der Waals surface area contributed by atoms with Gasteiger partial charge in [-0.05, 0) is 31.6 Å². The first-order valence-electron chi connectivity index (χ1n) is 20.1. The molecule has 4 aromatic carbocycles. The van der Waals surface area contributed by atoms with Crippen molar-refractivity contribution in [2.45, 2.75) is 109 Å². The predicted octanol–water partition coefficient (Wildman–Crippen LogP) is 15.3. The van der Waals surface area contributed by atoms with Crippen LogP contribution in [0.25, 0.3) is 0 Å². The van der Waals surface area contributed by atoms with Crippen molar-refractivity contribution in [1.82, 2.24) is 0 Å². The van der Waals surface area contributed by atoms with Crippen LogP contribution in [0.5, 0.6) is 23.0 Å². The van der Waals surface area contributed by atoms with Crippen molar-refractivity contribution in [3.8, 4) is 23.0 Å². The van der Waals surface area contributed by atoms with Gasteiger partial charge in [-0.15, -0.1) is 0 Å². The van der Waals surface area contributed by atoms with E-state index >= 15 is 0 Å². The van der Waals surface area contributed by atoms with E-state index in [0.29, 0.717) is 31.6 Å². The first-order chi connectivity index (χ1) is 30.7. The van der Waals surface area contributed by atoms with Gasteiger partial charge in [0.25, 0.3) is 0 Å². The highest BCUT2D eigenvalue weighted by atomic mass is 19.4. The summed E-state index contributed by atoms with van der Waals surface area (Å²) in [7, 11) is 0. The molecule has 0 fully saturated rings. The fraction of sp³-hybridized carbons (Fsp3) is 0.455. The number of halogens is 18. The summed E-state index contributed by atoms with van der Waals surface area (Å²) in [6.45, 7) is 2.17. The number of ether oxygens (including phenoxy) is 4. The van der Waals surface area contributed by atoms with Crippen LogP contribution in [0.3, 0.4) is 0 Å². The van der Waals surface area contributed by atoms with Crippen LogP contribution in [-0.2, 0) is 25.2 Å². The Labute approximate surface area is 365 Å². The summed E-state index contributed by atoms with van der Waals surface area (Å²) in [4.78, 5) is 0. The van der Waals surface area contributed by atoms with E-state index in [1.807, 2.05) is 6.92 Å². The predicted molar refractivity (Wildman–Crippen MR) is 200 cm³/mol. The van der Waals surface area contributed by atoms with Crippen LogP contribution in [0.4, 0.5) is 79.0 Å². The van der Waals surface area contributed by atoms with Crippen LogP contribution in [-0.4, -0.2) is 25.4 Å². The van der Waals surface area contributed by atoms with Crippen LogP contribution in [0, 0.1) is 52.5 Å². The monoisotopic (exact) mass is 974 g/mol. The maximum atomic E-state index is 14.6. The van der Waals surface area contributed by atoms with Crippen LogP contribution in [0.2, 0.25) is 0 Å². The van der Waals surface area contributed by atoms with E-state index in [0.717, 1.165) is 49.9 Å². The van der Waals surface area contributed by atoms with Gasteiger partial charge in [0.1, 0.15) is 80.7 Å². The summed E-state index contributed by atoms with van der Waals surface area (Å²) < 4.78 is 266. The molecule has 366 valence electrons. The number of hydrogen-bond donors (Lipinski definition) is 0. The molecule has 0 unspecified atom stereocenters. The zero-order valence-corrected chi connectivity index (χ0v) is 34.5. The van der Waals surface area contributed by atoms with Crippen LogP contribution >= 0.6 is 0 Å². The molecule has 0 spiro atoms. The summed E-state index contributed by atoms with van der Waals surface area (Å²) >= 11 is 0. The number of benzene rings is 4. The zero-order chi connectivity index (χ0) is 49.2. The van der Waals surface area contributed by atoms with Gasteiger partial charge in [0, 0.05) is 59.7 Å². The molecular formula is C44H40F18O4. The van der Waals surface area contributed by atoms with E-state index in [-0.39, 0.29) is 49.0 Å². The first-order valence-corrected chi connectivity index (χ1v) is 20.1. The largest absolute Gasteiger partial charge is 0.493 e. The average Bonchev–Trinajstić information content (AvgIpc) is 3.14. The second-order valence-corrected chi connectivity index (χ2v) is 15.2. The van der Waals surface area contributed by atoms with Crippen molar-refractivity contribution in [3.05, 3.63) is 117 Å². The smallest absolute Gasteiger partial charge is 0.422 e. The van der Waals surface area contributed by atoms with Crippen molar-refractivity contribution in [2.75, 3.05) is 13.2 Å². The van der Waals surface area contributed by atoms with Gasteiger partial charge in [-0.25, -0.2) is 35.1 Å². The SMILES string of the molecule is CC(CCCCCOc1cc(F)c(CCC(F)(F)Oc2cc(F)c(C(F)(F)F)c(F)c2)c(F)c1)CCCCCOc1cc(F)c(CCC(F)(F)Oc2cc(F)c(C(F)(F)F)c(F)c2)c(F)c1. The normalized spacial score (nSPS) is 12.5. The lowest BCUT2D eigenvalue weighted by Gasteiger charge is -2.19. The van der Waals surface area contributed by atoms with Gasteiger partial charge in [-0.1, -0.05) is 45.4 Å². The third kappa shape index (κ3) is 16.0. The first kappa shape index (κ1) is 53.4. The summed E-state index contributed by atoms with van der Waals surface area (Å²) in [5.74, 6) is -16.4. The fourth-order valence-electron chi connectivity index (χ4n) is 6.62. The van der Waals surface area contributed by atoms with Crippen LogP contribution < -0.4 is 18.9 Å². The maximum absolute atomic E-state index is 14.6. The third-order valence-electron chi connectivity index (χ3n) is 9.91. The van der Waals surface area contributed by atoms with Crippen molar-refractivity contribution in [1.29, 1.82) is 0 Å². The highest BCUT2D eigenvalue weighted by Gasteiger charge is 2.41. The fourth-order valence-corrected chi connectivity index (χ4v) is 6.62. The van der Waals surface area contributed by atoms with Crippen molar-refractivity contribution < 1.29 is 98.0 Å². The molecular weight excluding hydrogens is 934 g/mol. The number of hydrogen-bond acceptors (Lipinski definition) is 4. The van der Waals surface area contributed by atoms with Gasteiger partial charge in [-0.2, -0.15) is 43.9 Å². The maximum Gasteiger partial charge on any atom is 0.422 e. The lowest BCUT2D eigenvalue weighted by Crippen LogP contribution is -2.26. The minimum absolute atomic E-state index is 0.0708. The molecule has 0 heterocycles. The Morgan fingerprint density at radius 2 is 0.682 bits per heavy atom. The second kappa shape index (κ2) is 22.5. The molecule has 4 nitrogen and oxygen atoms in total. The van der Waals surface area contributed by atoms with Gasteiger partial charge in [0.05, 0.1) is 26.1 Å². The molecule has 0 saturated carbocycles. The zero-order valence-electron chi connectivity index (χ0n) is 34.5. The topological polar surface area (TPSA) is 36.9 Å². The molecule has 4 rings (SSSR count). The molecule has 0 saturated heterocycles. The highest BCUT2D eigenvalue weighted by molar-refractivity contribution is 5.35. The molecule has 22 heteroatoms. The lowest BCUT2D eigenvalue weighted by atomic mass is 9.97. The van der Waals surface area contributed by atoms with Gasteiger partial charge in [0.2, 0.25) is 0 Å². The van der Waals surface area contributed by atoms with E-state index < -0.39 is 131 Å². The van der Waals surface area contributed by atoms with Gasteiger partial charge < -0.3 is 18.9 Å². The quantitative estimate of drug-likeness (QED) is 0.0518. The molecule has 0 aliphatic rings. The molecule has 66 heavy (non-hydrogen) atoms. The molecule has 4 aromatic rings. The minimum atomic E-state index is -5.44. The molecule has 0 bridgehead atoms. The average molecular weight is 975 g/mol. The van der Waals surface area contributed by atoms with Crippen molar-refractivity contribution >= 4 is 0 Å². The van der Waals surface area contributed by atoms with Gasteiger partial charge >= 0.3 is 24.6 Å². The number of alkyl halides is 10. The van der Waals surface area contributed by atoms with E-state index in [4.69, 9.17) is 9.47 Å². The molecule has 0 aromatic heterocycles. The summed E-state index contributed by atoms with van der Waals surface area (Å²) in [6, 6.07) is 2.76. The minimum Gasteiger partial charge on any atom is -0.493 e. The summed E-state index contributed by atoms with van der Waals surface area (Å²) in [5, 5.41) is 0. The lowest BCUT2D eigenvalue weighted by molar-refractivity contribution is -0.181. The van der Waals surface area contributed by atoms with Crippen LogP contribution in [0.1, 0.15) is 93.4 Å². The summed E-state index contributed by atoms with van der Waals surface area (Å²) in [5.41, 5.74) is -6.17. The Hall–Kier alpha value is -5.18. The standard InChI is InChI=1S/C44H40F18O4/c1-24(8-4-2-6-14-63-25-16-31(45)29(32(46)17-25)10-12-41(53,54)65-27-20-35(49)39(36(50)21-27)43(57,58)59)9-5-3-7-15-64-26-18-33(47)30(34(48)19-26)11-13-42(55,56)66-28-22-37(51)40(38(52)23-28)44(60,61)62/h16-24H,2-15H2,1H3. The van der Waals surface area contributed by atoms with E-state index in [1.54, 1.807) is 0 Å². The Morgan fingerprint density at radius 1 is 0.394 bits per heavy atom.